The Morgan fingerprint density at radius 2 is 2.03 bits per heavy atom. The van der Waals surface area contributed by atoms with E-state index in [0.29, 0.717) is 35.8 Å². The molecule has 33 heavy (non-hydrogen) atoms. The molecule has 1 N–H and O–H groups in total. The minimum Gasteiger partial charge on any atom is -0.373 e. The molecule has 0 spiro atoms. The van der Waals surface area contributed by atoms with Gasteiger partial charge in [0.2, 0.25) is 5.60 Å². The highest BCUT2D eigenvalue weighted by molar-refractivity contribution is 6.30. The van der Waals surface area contributed by atoms with Crippen LogP contribution < -0.4 is 9.80 Å². The van der Waals surface area contributed by atoms with Crippen LogP contribution in [-0.2, 0) is 25.5 Å². The molecule has 1 unspecified atom stereocenters. The quantitative estimate of drug-likeness (QED) is 0.643. The molecule has 1 aromatic heterocycles. The molecule has 8 nitrogen and oxygen atoms in total. The van der Waals surface area contributed by atoms with Crippen molar-refractivity contribution < 1.29 is 28.6 Å². The number of morpholine rings is 1. The Kier molecular flexibility index (Phi) is 6.47. The van der Waals surface area contributed by atoms with Crippen molar-refractivity contribution in [2.45, 2.75) is 31.8 Å². The first-order valence-corrected chi connectivity index (χ1v) is 10.9. The molecule has 1 aromatic carbocycles. The number of hydrogen-bond donors (Lipinski definition) is 1. The highest BCUT2D eigenvalue weighted by Crippen LogP contribution is 2.32. The third-order valence-electron chi connectivity index (χ3n) is 5.91. The smallest absolute Gasteiger partial charge is 0.266 e. The van der Waals surface area contributed by atoms with E-state index in [2.05, 4.69) is 4.98 Å². The number of ether oxygens (including phenoxy) is 1. The predicted molar refractivity (Wildman–Crippen MR) is 119 cm³/mol. The van der Waals surface area contributed by atoms with Crippen molar-refractivity contribution in [2.24, 2.45) is 0 Å². The number of rotatable bonds is 6. The molecule has 0 bridgehead atoms. The van der Waals surface area contributed by atoms with Gasteiger partial charge in [0.1, 0.15) is 18.2 Å². The average Bonchev–Trinajstić information content (AvgIpc) is 3.07. The fourth-order valence-corrected chi connectivity index (χ4v) is 4.40. The van der Waals surface area contributed by atoms with Gasteiger partial charge in [-0.25, -0.2) is 9.37 Å². The SMILES string of the molecule is Cc1cc(N2CCC(O)(C(=O)CCc3cc(F)cc(Cl)c3)C2=O)cnc1N1CCOCC1=O. The molecule has 2 fully saturated rings. The van der Waals surface area contributed by atoms with E-state index >= 15 is 0 Å². The molecule has 3 heterocycles. The summed E-state index contributed by atoms with van der Waals surface area (Å²) in [5.74, 6) is -1.58. The number of halogens is 2. The highest BCUT2D eigenvalue weighted by Gasteiger charge is 2.51. The van der Waals surface area contributed by atoms with E-state index in [1.165, 1.54) is 22.1 Å². The molecule has 0 saturated carbocycles. The topological polar surface area (TPSA) is 100 Å². The highest BCUT2D eigenvalue weighted by atomic mass is 35.5. The molecular weight excluding hydrogens is 453 g/mol. The monoisotopic (exact) mass is 475 g/mol. The molecule has 0 radical (unpaired) electrons. The summed E-state index contributed by atoms with van der Waals surface area (Å²) < 4.78 is 18.7. The van der Waals surface area contributed by atoms with E-state index in [0.717, 1.165) is 6.07 Å². The Morgan fingerprint density at radius 1 is 1.24 bits per heavy atom. The van der Waals surface area contributed by atoms with Crippen molar-refractivity contribution in [3.8, 4) is 0 Å². The van der Waals surface area contributed by atoms with Crippen LogP contribution in [0.3, 0.4) is 0 Å². The summed E-state index contributed by atoms with van der Waals surface area (Å²) in [6.45, 7) is 2.71. The minimum atomic E-state index is -2.15. The van der Waals surface area contributed by atoms with Crippen LogP contribution in [0.15, 0.2) is 30.5 Å². The lowest BCUT2D eigenvalue weighted by Gasteiger charge is -2.28. The van der Waals surface area contributed by atoms with Crippen molar-refractivity contribution in [3.63, 3.8) is 0 Å². The van der Waals surface area contributed by atoms with Gasteiger partial charge < -0.3 is 14.7 Å². The Labute approximate surface area is 194 Å². The van der Waals surface area contributed by atoms with E-state index in [-0.39, 0.29) is 43.3 Å². The van der Waals surface area contributed by atoms with E-state index in [1.54, 1.807) is 19.1 Å². The van der Waals surface area contributed by atoms with Crippen LogP contribution in [0, 0.1) is 12.7 Å². The Bertz CT molecular complexity index is 1110. The van der Waals surface area contributed by atoms with Crippen molar-refractivity contribution in [1.82, 2.24) is 4.98 Å². The van der Waals surface area contributed by atoms with E-state index in [1.807, 2.05) is 0 Å². The number of carbonyl (C=O) groups excluding carboxylic acids is 3. The molecule has 2 saturated heterocycles. The second-order valence-electron chi connectivity index (χ2n) is 8.20. The van der Waals surface area contributed by atoms with Gasteiger partial charge in [-0.05, 0) is 48.7 Å². The van der Waals surface area contributed by atoms with Gasteiger partial charge in [-0.1, -0.05) is 11.6 Å². The number of Topliss-reactive ketones (excluding diaryl/α,β-unsaturated/α-hetero) is 1. The number of carbonyl (C=O) groups is 3. The number of hydrogen-bond acceptors (Lipinski definition) is 6. The lowest BCUT2D eigenvalue weighted by molar-refractivity contribution is -0.147. The molecule has 10 heteroatoms. The zero-order valence-electron chi connectivity index (χ0n) is 18.0. The fourth-order valence-electron chi connectivity index (χ4n) is 4.16. The van der Waals surface area contributed by atoms with Crippen molar-refractivity contribution in [1.29, 1.82) is 0 Å². The summed E-state index contributed by atoms with van der Waals surface area (Å²) in [6, 6.07) is 5.67. The first-order chi connectivity index (χ1) is 15.7. The number of ketones is 1. The third-order valence-corrected chi connectivity index (χ3v) is 6.13. The summed E-state index contributed by atoms with van der Waals surface area (Å²) >= 11 is 5.84. The molecule has 2 aliphatic rings. The van der Waals surface area contributed by atoms with Gasteiger partial charge in [0.15, 0.2) is 5.78 Å². The molecule has 2 amide bonds. The van der Waals surface area contributed by atoms with Gasteiger partial charge in [0, 0.05) is 24.4 Å². The molecule has 4 rings (SSSR count). The molecule has 1 atom stereocenters. The maximum absolute atomic E-state index is 13.5. The maximum Gasteiger partial charge on any atom is 0.266 e. The van der Waals surface area contributed by atoms with Crippen LogP contribution in [0.5, 0.6) is 0 Å². The summed E-state index contributed by atoms with van der Waals surface area (Å²) in [5.41, 5.74) is -0.528. The van der Waals surface area contributed by atoms with Gasteiger partial charge in [0.25, 0.3) is 11.8 Å². The summed E-state index contributed by atoms with van der Waals surface area (Å²) in [6.07, 6.45) is 1.41. The van der Waals surface area contributed by atoms with Crippen molar-refractivity contribution in [3.05, 3.63) is 52.4 Å². The van der Waals surface area contributed by atoms with Gasteiger partial charge >= 0.3 is 0 Å². The lowest BCUT2D eigenvalue weighted by Crippen LogP contribution is -2.47. The fraction of sp³-hybridized carbons (Fsp3) is 0.391. The van der Waals surface area contributed by atoms with E-state index in [9.17, 15) is 23.9 Å². The number of aliphatic hydroxyl groups is 1. The van der Waals surface area contributed by atoms with Gasteiger partial charge in [0.05, 0.1) is 25.0 Å². The van der Waals surface area contributed by atoms with Gasteiger partial charge in [-0.3, -0.25) is 19.3 Å². The summed E-state index contributed by atoms with van der Waals surface area (Å²) in [5, 5.41) is 11.1. The Morgan fingerprint density at radius 3 is 2.73 bits per heavy atom. The Balaban J connectivity index is 1.46. The summed E-state index contributed by atoms with van der Waals surface area (Å²) in [7, 11) is 0. The minimum absolute atomic E-state index is 0.00947. The second-order valence-corrected chi connectivity index (χ2v) is 8.64. The number of aromatic nitrogens is 1. The second kappa shape index (κ2) is 9.17. The molecule has 174 valence electrons. The van der Waals surface area contributed by atoms with Crippen LogP contribution in [-0.4, -0.2) is 59.6 Å². The number of amides is 2. The standard InChI is InChI=1S/C23H23ClFN3O5/c1-14-8-18(12-26-21(14)28-6-7-33-13-20(28)30)27-5-4-23(32,22(27)31)19(29)3-2-15-9-16(24)11-17(25)10-15/h8-12,32H,2-7,13H2,1H3. The number of aryl methyl sites for hydroxylation is 2. The summed E-state index contributed by atoms with van der Waals surface area (Å²) in [4.78, 5) is 45.1. The van der Waals surface area contributed by atoms with Crippen LogP contribution in [0.2, 0.25) is 5.02 Å². The van der Waals surface area contributed by atoms with Crippen LogP contribution in [0.1, 0.15) is 24.0 Å². The third kappa shape index (κ3) is 4.62. The molecular formula is C23H23ClFN3O5. The largest absolute Gasteiger partial charge is 0.373 e. The van der Waals surface area contributed by atoms with Crippen LogP contribution in [0.25, 0.3) is 0 Å². The lowest BCUT2D eigenvalue weighted by atomic mass is 9.92. The average molecular weight is 476 g/mol. The first-order valence-electron chi connectivity index (χ1n) is 10.6. The zero-order valence-corrected chi connectivity index (χ0v) is 18.8. The number of anilines is 2. The van der Waals surface area contributed by atoms with Crippen LogP contribution >= 0.6 is 11.6 Å². The Hall–Kier alpha value is -2.88. The van der Waals surface area contributed by atoms with Crippen LogP contribution in [0.4, 0.5) is 15.9 Å². The first kappa shape index (κ1) is 23.3. The van der Waals surface area contributed by atoms with Gasteiger partial charge in [-0.2, -0.15) is 0 Å². The maximum atomic E-state index is 13.5. The van der Waals surface area contributed by atoms with Gasteiger partial charge in [-0.15, -0.1) is 0 Å². The normalized spacial score (nSPS) is 21.1. The molecule has 0 aliphatic carbocycles. The van der Waals surface area contributed by atoms with E-state index in [4.69, 9.17) is 16.3 Å². The molecule has 2 aliphatic heterocycles. The molecule has 2 aromatic rings. The zero-order chi connectivity index (χ0) is 23.8. The van der Waals surface area contributed by atoms with Crippen molar-refractivity contribution in [2.75, 3.05) is 36.1 Å². The number of benzene rings is 1. The van der Waals surface area contributed by atoms with Crippen molar-refractivity contribution >= 4 is 40.7 Å². The number of nitrogens with zero attached hydrogens (tertiary/aromatic N) is 3. The predicted octanol–water partition coefficient (Wildman–Crippen LogP) is 2.22. The van der Waals surface area contributed by atoms with E-state index < -0.39 is 23.1 Å². The number of pyridine rings is 1.